The number of benzene rings is 2. The van der Waals surface area contributed by atoms with Crippen LogP contribution in [-0.2, 0) is 27.2 Å². The Hall–Kier alpha value is -2.16. The maximum absolute atomic E-state index is 13.3. The number of hydrogen-bond acceptors (Lipinski definition) is 5. The van der Waals surface area contributed by atoms with Gasteiger partial charge in [0.2, 0.25) is 5.91 Å². The van der Waals surface area contributed by atoms with E-state index < -0.39 is 24.0 Å². The highest BCUT2D eigenvalue weighted by molar-refractivity contribution is 6.59. The van der Waals surface area contributed by atoms with Crippen molar-refractivity contribution >= 4 is 64.3 Å². The van der Waals surface area contributed by atoms with Gasteiger partial charge in [-0.05, 0) is 41.8 Å². The number of carbonyl (C=O) groups excluding carboxylic acids is 2. The van der Waals surface area contributed by atoms with Crippen LogP contribution in [0.4, 0.5) is 10.1 Å². The Morgan fingerprint density at radius 1 is 0.972 bits per heavy atom. The molecule has 12 heteroatoms. The SMILES string of the molecule is BC(B)(B)COC(=O)C(Cc1ccc(F)cc1)NC(=O)C(N)Cc1ccc(N(CCCl)CCCl)cc1. The molecule has 0 spiro atoms. The lowest BCUT2D eigenvalue weighted by atomic mass is 9.43. The topological polar surface area (TPSA) is 84.7 Å². The molecule has 2 aromatic rings. The zero-order valence-corrected chi connectivity index (χ0v) is 22.6. The van der Waals surface area contributed by atoms with Crippen LogP contribution in [0.1, 0.15) is 11.1 Å². The predicted octanol–water partition coefficient (Wildman–Crippen LogP) is 0.223. The van der Waals surface area contributed by atoms with Gasteiger partial charge in [0.15, 0.2) is 0 Å². The summed E-state index contributed by atoms with van der Waals surface area (Å²) in [5, 5.41) is 2.50. The Morgan fingerprint density at radius 3 is 2.03 bits per heavy atom. The van der Waals surface area contributed by atoms with Crippen LogP contribution in [0, 0.1) is 5.82 Å². The molecule has 3 N–H and O–H groups in total. The lowest BCUT2D eigenvalue weighted by Gasteiger charge is -2.24. The molecule has 36 heavy (non-hydrogen) atoms. The van der Waals surface area contributed by atoms with E-state index in [-0.39, 0.29) is 30.4 Å². The van der Waals surface area contributed by atoms with Crippen molar-refractivity contribution in [3.63, 3.8) is 0 Å². The third-order valence-corrected chi connectivity index (χ3v) is 5.74. The van der Waals surface area contributed by atoms with Gasteiger partial charge in [-0.15, -0.1) is 23.2 Å². The molecule has 192 valence electrons. The van der Waals surface area contributed by atoms with Crippen LogP contribution in [0.25, 0.3) is 0 Å². The van der Waals surface area contributed by atoms with Crippen LogP contribution < -0.4 is 16.0 Å². The third kappa shape index (κ3) is 10.4. The Balaban J connectivity index is 2.06. The maximum atomic E-state index is 13.3. The molecule has 0 aliphatic heterocycles. The van der Waals surface area contributed by atoms with Crippen molar-refractivity contribution in [3.8, 4) is 0 Å². The van der Waals surface area contributed by atoms with E-state index in [1.807, 2.05) is 47.8 Å². The highest BCUT2D eigenvalue weighted by Gasteiger charge is 2.27. The van der Waals surface area contributed by atoms with E-state index in [9.17, 15) is 14.0 Å². The number of esters is 1. The molecular formula is C24H33B3Cl2FN3O3. The molecule has 0 fully saturated rings. The molecule has 0 bridgehead atoms. The quantitative estimate of drug-likeness (QED) is 0.206. The number of halogens is 3. The number of rotatable bonds is 14. The molecule has 0 radical (unpaired) electrons. The lowest BCUT2D eigenvalue weighted by molar-refractivity contribution is -0.147. The number of anilines is 1. The number of hydrogen-bond donors (Lipinski definition) is 2. The first-order valence-electron chi connectivity index (χ1n) is 11.9. The van der Waals surface area contributed by atoms with E-state index in [2.05, 4.69) is 10.2 Å². The van der Waals surface area contributed by atoms with Gasteiger partial charge in [0.25, 0.3) is 0 Å². The minimum absolute atomic E-state index is 0.160. The van der Waals surface area contributed by atoms with Crippen LogP contribution in [-0.4, -0.2) is 79.0 Å². The fraction of sp³-hybridized carbons (Fsp3) is 0.417. The van der Waals surface area contributed by atoms with E-state index in [0.717, 1.165) is 11.3 Å². The summed E-state index contributed by atoms with van der Waals surface area (Å²) in [5.74, 6) is -0.430. The normalized spacial score (nSPS) is 13.0. The van der Waals surface area contributed by atoms with Crippen molar-refractivity contribution in [3.05, 3.63) is 65.5 Å². The molecule has 0 heterocycles. The minimum Gasteiger partial charge on any atom is -0.466 e. The van der Waals surface area contributed by atoms with Crippen LogP contribution >= 0.6 is 23.2 Å². The second-order valence-electron chi connectivity index (χ2n) is 9.90. The van der Waals surface area contributed by atoms with Crippen molar-refractivity contribution in [2.45, 2.75) is 30.0 Å². The molecule has 0 aliphatic carbocycles. The van der Waals surface area contributed by atoms with Crippen LogP contribution in [0.5, 0.6) is 0 Å². The molecule has 2 unspecified atom stereocenters. The second-order valence-corrected chi connectivity index (χ2v) is 10.7. The Morgan fingerprint density at radius 2 is 1.50 bits per heavy atom. The Kier molecular flexibility index (Phi) is 12.2. The van der Waals surface area contributed by atoms with Crippen molar-refractivity contribution in [2.75, 3.05) is 36.4 Å². The maximum Gasteiger partial charge on any atom is 0.328 e. The fourth-order valence-corrected chi connectivity index (χ4v) is 3.89. The number of amides is 1. The van der Waals surface area contributed by atoms with Crippen molar-refractivity contribution in [1.82, 2.24) is 5.32 Å². The van der Waals surface area contributed by atoms with Gasteiger partial charge in [-0.25, -0.2) is 9.18 Å². The van der Waals surface area contributed by atoms with E-state index in [0.29, 0.717) is 30.4 Å². The first-order valence-corrected chi connectivity index (χ1v) is 13.0. The lowest BCUT2D eigenvalue weighted by Crippen LogP contribution is -2.50. The van der Waals surface area contributed by atoms with Crippen molar-refractivity contribution < 1.29 is 18.7 Å². The number of carbonyl (C=O) groups is 2. The second kappa shape index (κ2) is 14.6. The van der Waals surface area contributed by atoms with E-state index in [1.165, 1.54) is 12.1 Å². The average molecular weight is 534 g/mol. The molecule has 0 saturated heterocycles. The third-order valence-electron chi connectivity index (χ3n) is 5.40. The summed E-state index contributed by atoms with van der Waals surface area (Å²) in [5.41, 5.74) is 8.74. The van der Waals surface area contributed by atoms with Gasteiger partial charge < -0.3 is 20.7 Å². The Labute approximate surface area is 225 Å². The van der Waals surface area contributed by atoms with Crippen LogP contribution in [0.2, 0.25) is 5.11 Å². The number of nitrogens with two attached hydrogens (primary N) is 1. The molecular weight excluding hydrogens is 501 g/mol. The zero-order chi connectivity index (χ0) is 26.7. The average Bonchev–Trinajstić information content (AvgIpc) is 2.83. The molecule has 2 rings (SSSR count). The molecule has 1 amide bonds. The molecule has 0 aliphatic rings. The fourth-order valence-electron chi connectivity index (χ4n) is 3.48. The summed E-state index contributed by atoms with van der Waals surface area (Å²) in [6.07, 6.45) is 0.449. The highest BCUT2D eigenvalue weighted by atomic mass is 35.5. The first-order chi connectivity index (χ1) is 17.0. The van der Waals surface area contributed by atoms with Gasteiger partial charge in [-0.3, -0.25) is 4.79 Å². The summed E-state index contributed by atoms with van der Waals surface area (Å²) >= 11 is 11.8. The summed E-state index contributed by atoms with van der Waals surface area (Å²) in [4.78, 5) is 27.8. The molecule has 0 saturated carbocycles. The summed E-state index contributed by atoms with van der Waals surface area (Å²) in [6.45, 7) is 1.55. The number of nitrogens with zero attached hydrogens (tertiary/aromatic N) is 1. The largest absolute Gasteiger partial charge is 0.466 e. The highest BCUT2D eigenvalue weighted by Crippen LogP contribution is 2.17. The summed E-state index contributed by atoms with van der Waals surface area (Å²) in [7, 11) is 5.83. The monoisotopic (exact) mass is 533 g/mol. The molecule has 0 aromatic heterocycles. The van der Waals surface area contributed by atoms with Gasteiger partial charge in [0.1, 0.15) is 11.9 Å². The first kappa shape index (κ1) is 30.1. The van der Waals surface area contributed by atoms with Gasteiger partial charge in [-0.1, -0.05) is 29.4 Å². The Bertz CT molecular complexity index is 973. The van der Waals surface area contributed by atoms with Crippen molar-refractivity contribution in [1.29, 1.82) is 0 Å². The van der Waals surface area contributed by atoms with Crippen LogP contribution in [0.3, 0.4) is 0 Å². The number of nitrogens with one attached hydrogen (secondary N) is 1. The summed E-state index contributed by atoms with van der Waals surface area (Å²) in [6, 6.07) is 11.7. The summed E-state index contributed by atoms with van der Waals surface area (Å²) < 4.78 is 18.8. The van der Waals surface area contributed by atoms with Crippen LogP contribution in [0.15, 0.2) is 48.5 Å². The van der Waals surface area contributed by atoms with Gasteiger partial charge in [-0.2, -0.15) is 0 Å². The smallest absolute Gasteiger partial charge is 0.328 e. The molecule has 2 atom stereocenters. The van der Waals surface area contributed by atoms with Gasteiger partial charge in [0.05, 0.1) is 36.2 Å². The number of ether oxygens (including phenoxy) is 1. The molecule has 2 aromatic carbocycles. The van der Waals surface area contributed by atoms with Gasteiger partial charge in [0, 0.05) is 37.0 Å². The van der Waals surface area contributed by atoms with E-state index in [4.69, 9.17) is 33.7 Å². The molecule has 6 nitrogen and oxygen atoms in total. The van der Waals surface area contributed by atoms with E-state index >= 15 is 0 Å². The standard InChI is InChI=1S/C24H33B3Cl2FN3O3/c25-24(26,27)15-36-23(35)21(14-17-1-5-18(30)6-2-17)32-22(34)20(31)13-16-3-7-19(8-4-16)33(11-9-28)12-10-29/h1-8,20-21H,9-15,25-27,31H2,(H,32,34). The van der Waals surface area contributed by atoms with Crippen molar-refractivity contribution in [2.24, 2.45) is 5.73 Å². The zero-order valence-electron chi connectivity index (χ0n) is 21.1. The number of alkyl halides is 2. The minimum atomic E-state index is -0.946. The predicted molar refractivity (Wildman–Crippen MR) is 153 cm³/mol. The van der Waals surface area contributed by atoms with E-state index in [1.54, 1.807) is 12.1 Å². The van der Waals surface area contributed by atoms with Gasteiger partial charge >= 0.3 is 5.97 Å².